The Bertz CT molecular complexity index is 844. The summed E-state index contributed by atoms with van der Waals surface area (Å²) < 4.78 is 5.44. The Morgan fingerprint density at radius 2 is 1.48 bits per heavy atom. The molecule has 0 aliphatic carbocycles. The van der Waals surface area contributed by atoms with Crippen molar-refractivity contribution in [1.82, 2.24) is 15.5 Å². The average molecular weight is 564 g/mol. The molecule has 0 spiro atoms. The molecule has 0 aromatic heterocycles. The molecule has 180 valence electrons. The van der Waals surface area contributed by atoms with E-state index in [2.05, 4.69) is 75.9 Å². The van der Waals surface area contributed by atoms with Crippen LogP contribution in [0.3, 0.4) is 0 Å². The number of ether oxygens (including phenoxy) is 1. The molecule has 0 bridgehead atoms. The molecule has 2 aliphatic rings. The van der Waals surface area contributed by atoms with Crippen molar-refractivity contribution in [2.75, 3.05) is 50.8 Å². The van der Waals surface area contributed by atoms with Gasteiger partial charge in [-0.2, -0.15) is 0 Å². The fourth-order valence-corrected chi connectivity index (χ4v) is 4.29. The maximum atomic E-state index is 5.44. The van der Waals surface area contributed by atoms with Gasteiger partial charge in [0.05, 0.1) is 19.8 Å². The second kappa shape index (κ2) is 13.8. The van der Waals surface area contributed by atoms with E-state index in [1.807, 2.05) is 0 Å². The molecule has 4 rings (SSSR count). The van der Waals surface area contributed by atoms with Crippen LogP contribution in [0.2, 0.25) is 0 Å². The second-order valence-electron chi connectivity index (χ2n) is 8.61. The number of morpholine rings is 1. The van der Waals surface area contributed by atoms with Crippen LogP contribution in [0, 0.1) is 0 Å². The largest absolute Gasteiger partial charge is 0.378 e. The zero-order valence-corrected chi connectivity index (χ0v) is 22.1. The molecule has 0 atom stereocenters. The highest BCUT2D eigenvalue weighted by molar-refractivity contribution is 14.0. The van der Waals surface area contributed by atoms with E-state index < -0.39 is 0 Å². The van der Waals surface area contributed by atoms with Crippen LogP contribution in [0.4, 0.5) is 5.69 Å². The minimum absolute atomic E-state index is 0. The van der Waals surface area contributed by atoms with Crippen LogP contribution in [-0.4, -0.2) is 56.8 Å². The van der Waals surface area contributed by atoms with Gasteiger partial charge in [-0.25, -0.2) is 4.99 Å². The molecule has 2 N–H and O–H groups in total. The zero-order chi connectivity index (χ0) is 22.0. The van der Waals surface area contributed by atoms with Crippen molar-refractivity contribution in [2.45, 2.75) is 39.4 Å². The molecule has 0 radical (unpaired) electrons. The first-order valence-corrected chi connectivity index (χ1v) is 12.0. The summed E-state index contributed by atoms with van der Waals surface area (Å²) in [5, 5.41) is 6.83. The molecule has 2 fully saturated rings. The molecule has 33 heavy (non-hydrogen) atoms. The molecule has 7 heteroatoms. The van der Waals surface area contributed by atoms with Gasteiger partial charge in [0, 0.05) is 38.4 Å². The van der Waals surface area contributed by atoms with Crippen molar-refractivity contribution in [2.24, 2.45) is 4.99 Å². The van der Waals surface area contributed by atoms with Gasteiger partial charge in [-0.15, -0.1) is 24.0 Å². The Morgan fingerprint density at radius 3 is 2.15 bits per heavy atom. The normalized spacial score (nSPS) is 17.0. The van der Waals surface area contributed by atoms with Gasteiger partial charge in [-0.05, 0) is 61.7 Å². The number of benzene rings is 2. The van der Waals surface area contributed by atoms with E-state index in [-0.39, 0.29) is 24.0 Å². The van der Waals surface area contributed by atoms with Crippen LogP contribution in [0.1, 0.15) is 36.5 Å². The summed E-state index contributed by atoms with van der Waals surface area (Å²) >= 11 is 0. The number of nitrogens with zero attached hydrogens (tertiary/aromatic N) is 3. The van der Waals surface area contributed by atoms with Gasteiger partial charge in [-0.1, -0.05) is 36.4 Å². The lowest BCUT2D eigenvalue weighted by Crippen LogP contribution is -2.36. The van der Waals surface area contributed by atoms with Crippen LogP contribution < -0.4 is 15.5 Å². The summed E-state index contributed by atoms with van der Waals surface area (Å²) in [6.45, 7) is 11.5. The molecule has 2 aromatic rings. The summed E-state index contributed by atoms with van der Waals surface area (Å²) in [6.07, 6.45) is 2.68. The molecule has 6 nitrogen and oxygen atoms in total. The minimum Gasteiger partial charge on any atom is -0.378 e. The Morgan fingerprint density at radius 1 is 0.848 bits per heavy atom. The molecular formula is C26H38IN5O. The van der Waals surface area contributed by atoms with Crippen molar-refractivity contribution in [3.8, 4) is 0 Å². The second-order valence-corrected chi connectivity index (χ2v) is 8.61. The maximum absolute atomic E-state index is 5.44. The van der Waals surface area contributed by atoms with Crippen molar-refractivity contribution >= 4 is 35.6 Å². The number of nitrogens with one attached hydrogen (secondary N) is 2. The first-order valence-electron chi connectivity index (χ1n) is 12.0. The Balaban J connectivity index is 0.00000306. The van der Waals surface area contributed by atoms with Crippen LogP contribution in [0.25, 0.3) is 0 Å². The fourth-order valence-electron chi connectivity index (χ4n) is 4.29. The molecule has 0 amide bonds. The standard InChI is InChI=1S/C26H37N5O.HI/c1-2-27-26(28-19-22-5-7-24(8-6-22)21-30-13-3-4-14-30)29-20-23-9-11-25(12-10-23)31-15-17-32-18-16-31;/h5-12H,2-4,13-21H2,1H3,(H2,27,28,29);1H. The zero-order valence-electron chi connectivity index (χ0n) is 19.8. The van der Waals surface area contributed by atoms with Crippen LogP contribution in [0.5, 0.6) is 0 Å². The highest BCUT2D eigenvalue weighted by Gasteiger charge is 2.12. The first-order chi connectivity index (χ1) is 15.8. The number of rotatable bonds is 8. The highest BCUT2D eigenvalue weighted by Crippen LogP contribution is 2.17. The molecule has 0 unspecified atom stereocenters. The first kappa shape index (κ1) is 25.8. The summed E-state index contributed by atoms with van der Waals surface area (Å²) in [6, 6.07) is 17.7. The lowest BCUT2D eigenvalue weighted by atomic mass is 10.1. The SMILES string of the molecule is CCNC(=NCc1ccc(N2CCOCC2)cc1)NCc1ccc(CN2CCCC2)cc1.I. The predicted molar refractivity (Wildman–Crippen MR) is 147 cm³/mol. The quantitative estimate of drug-likeness (QED) is 0.289. The van der Waals surface area contributed by atoms with Gasteiger partial charge in [0.2, 0.25) is 0 Å². The summed E-state index contributed by atoms with van der Waals surface area (Å²) in [7, 11) is 0. The van der Waals surface area contributed by atoms with E-state index in [1.165, 1.54) is 48.3 Å². The van der Waals surface area contributed by atoms with Crippen LogP contribution in [-0.2, 0) is 24.4 Å². The van der Waals surface area contributed by atoms with E-state index >= 15 is 0 Å². The topological polar surface area (TPSA) is 52.1 Å². The number of halogens is 1. The van der Waals surface area contributed by atoms with Crippen LogP contribution in [0.15, 0.2) is 53.5 Å². The average Bonchev–Trinajstić information content (AvgIpc) is 3.36. The molecule has 2 aliphatic heterocycles. The molecule has 2 aromatic carbocycles. The smallest absolute Gasteiger partial charge is 0.191 e. The molecule has 0 saturated carbocycles. The lowest BCUT2D eigenvalue weighted by molar-refractivity contribution is 0.122. The number of aliphatic imine (C=N–C) groups is 1. The number of guanidine groups is 1. The summed E-state index contributed by atoms with van der Waals surface area (Å²) in [4.78, 5) is 9.69. The molecular weight excluding hydrogens is 525 g/mol. The van der Waals surface area contributed by atoms with Gasteiger partial charge in [-0.3, -0.25) is 4.90 Å². The highest BCUT2D eigenvalue weighted by atomic mass is 127. The maximum Gasteiger partial charge on any atom is 0.191 e. The number of hydrogen-bond donors (Lipinski definition) is 2. The molecule has 2 saturated heterocycles. The fraction of sp³-hybridized carbons (Fsp3) is 0.500. The van der Waals surface area contributed by atoms with Crippen molar-refractivity contribution in [1.29, 1.82) is 0 Å². The summed E-state index contributed by atoms with van der Waals surface area (Å²) in [5.74, 6) is 0.853. The Labute approximate surface area is 215 Å². The monoisotopic (exact) mass is 563 g/mol. The van der Waals surface area contributed by atoms with E-state index in [0.29, 0.717) is 6.54 Å². The van der Waals surface area contributed by atoms with E-state index in [0.717, 1.165) is 51.9 Å². The Kier molecular flexibility index (Phi) is 10.8. The third-order valence-electron chi connectivity index (χ3n) is 6.16. The van der Waals surface area contributed by atoms with Gasteiger partial charge in [0.15, 0.2) is 5.96 Å². The number of likely N-dealkylation sites (tertiary alicyclic amines) is 1. The van der Waals surface area contributed by atoms with Crippen LogP contribution >= 0.6 is 24.0 Å². The summed E-state index contributed by atoms with van der Waals surface area (Å²) in [5.41, 5.74) is 5.15. The van der Waals surface area contributed by atoms with Gasteiger partial charge in [0.25, 0.3) is 0 Å². The number of anilines is 1. The van der Waals surface area contributed by atoms with Gasteiger partial charge in [0.1, 0.15) is 0 Å². The molecule has 2 heterocycles. The third kappa shape index (κ3) is 8.15. The minimum atomic E-state index is 0. The van der Waals surface area contributed by atoms with Gasteiger partial charge < -0.3 is 20.3 Å². The van der Waals surface area contributed by atoms with E-state index in [4.69, 9.17) is 9.73 Å². The van der Waals surface area contributed by atoms with Crippen molar-refractivity contribution < 1.29 is 4.74 Å². The lowest BCUT2D eigenvalue weighted by Gasteiger charge is -2.28. The van der Waals surface area contributed by atoms with E-state index in [9.17, 15) is 0 Å². The third-order valence-corrected chi connectivity index (χ3v) is 6.16. The van der Waals surface area contributed by atoms with Crippen molar-refractivity contribution in [3.05, 3.63) is 65.2 Å². The Hall–Kier alpha value is -1.84. The number of hydrogen-bond acceptors (Lipinski definition) is 4. The van der Waals surface area contributed by atoms with Crippen molar-refractivity contribution in [3.63, 3.8) is 0 Å². The van der Waals surface area contributed by atoms with Gasteiger partial charge >= 0.3 is 0 Å². The predicted octanol–water partition coefficient (Wildman–Crippen LogP) is 3.99. The van der Waals surface area contributed by atoms with E-state index in [1.54, 1.807) is 0 Å².